The van der Waals surface area contributed by atoms with Crippen molar-refractivity contribution < 1.29 is 8.42 Å². The minimum Gasteiger partial charge on any atom is -0.321 e. The quantitative estimate of drug-likeness (QED) is 0.331. The Hall–Kier alpha value is -3.40. The van der Waals surface area contributed by atoms with Crippen molar-refractivity contribution in [3.8, 4) is 0 Å². The number of fused-ring (bicyclic) bond motifs is 2. The molecule has 5 rings (SSSR count). The summed E-state index contributed by atoms with van der Waals surface area (Å²) in [6, 6.07) is 18.7. The summed E-state index contributed by atoms with van der Waals surface area (Å²) in [5.74, 6) is 0. The van der Waals surface area contributed by atoms with Gasteiger partial charge in [0.1, 0.15) is 15.9 Å². The molecule has 36 heavy (non-hydrogen) atoms. The molecule has 2 heterocycles. The molecule has 9 heteroatoms. The van der Waals surface area contributed by atoms with E-state index in [2.05, 4.69) is 13.7 Å². The number of nitrogens with zero attached hydrogens (tertiary/aromatic N) is 3. The van der Waals surface area contributed by atoms with Gasteiger partial charge in [0.25, 0.3) is 5.56 Å². The Morgan fingerprint density at radius 3 is 2.53 bits per heavy atom. The predicted molar refractivity (Wildman–Crippen MR) is 144 cm³/mol. The van der Waals surface area contributed by atoms with Crippen LogP contribution in [-0.2, 0) is 23.0 Å². The van der Waals surface area contributed by atoms with Gasteiger partial charge in [0.15, 0.2) is 0 Å². The van der Waals surface area contributed by atoms with Gasteiger partial charge in [0, 0.05) is 18.7 Å². The highest BCUT2D eigenvalue weighted by atomic mass is 32.2. The number of aryl methyl sites for hydroxylation is 3. The molecular weight excluding hydrogens is 492 g/mol. The van der Waals surface area contributed by atoms with Crippen molar-refractivity contribution in [3.05, 3.63) is 98.8 Å². The molecule has 0 radical (unpaired) electrons. The number of hydrogen-bond acceptors (Lipinski definition) is 6. The highest BCUT2D eigenvalue weighted by Crippen LogP contribution is 2.26. The first-order valence-electron chi connectivity index (χ1n) is 11.6. The van der Waals surface area contributed by atoms with Gasteiger partial charge in [-0.25, -0.2) is 8.42 Å². The molecule has 1 N–H and O–H groups in total. The van der Waals surface area contributed by atoms with Gasteiger partial charge in [0.2, 0.25) is 10.0 Å². The monoisotopic (exact) mass is 518 g/mol. The van der Waals surface area contributed by atoms with Crippen LogP contribution in [-0.4, -0.2) is 33.0 Å². The van der Waals surface area contributed by atoms with E-state index >= 15 is 0 Å². The van der Waals surface area contributed by atoms with Crippen molar-refractivity contribution in [2.45, 2.75) is 38.6 Å². The molecule has 2 aromatic heterocycles. The Bertz CT molecular complexity index is 1760. The van der Waals surface area contributed by atoms with E-state index in [0.29, 0.717) is 23.0 Å². The van der Waals surface area contributed by atoms with Crippen LogP contribution in [0.2, 0.25) is 0 Å². The fourth-order valence-electron chi connectivity index (χ4n) is 4.59. The summed E-state index contributed by atoms with van der Waals surface area (Å²) in [5, 5.41) is 0.879. The molecule has 0 bridgehead atoms. The van der Waals surface area contributed by atoms with Crippen molar-refractivity contribution in [2.75, 3.05) is 6.54 Å². The van der Waals surface area contributed by atoms with Gasteiger partial charge in [0.05, 0.1) is 17.2 Å². The second kappa shape index (κ2) is 9.57. The molecule has 0 amide bonds. The molecular formula is C27H26N4O3S2. The second-order valence-corrected chi connectivity index (χ2v) is 11.5. The summed E-state index contributed by atoms with van der Waals surface area (Å²) in [6.07, 6.45) is 0.515. The van der Waals surface area contributed by atoms with E-state index in [4.69, 9.17) is 0 Å². The lowest BCUT2D eigenvalue weighted by Gasteiger charge is -2.23. The van der Waals surface area contributed by atoms with Gasteiger partial charge in [-0.05, 0) is 73.5 Å². The van der Waals surface area contributed by atoms with Crippen molar-refractivity contribution in [2.24, 2.45) is 0 Å². The Labute approximate surface area is 213 Å². The molecule has 7 nitrogen and oxygen atoms in total. The average Bonchev–Trinajstić information content (AvgIpc) is 3.32. The normalized spacial score (nSPS) is 12.1. The van der Waals surface area contributed by atoms with Crippen LogP contribution in [0.3, 0.4) is 0 Å². The molecule has 0 spiro atoms. The van der Waals surface area contributed by atoms with Crippen LogP contribution in [0.5, 0.6) is 0 Å². The summed E-state index contributed by atoms with van der Waals surface area (Å²) in [6.45, 7) is 6.12. The van der Waals surface area contributed by atoms with E-state index in [-0.39, 0.29) is 23.5 Å². The van der Waals surface area contributed by atoms with Crippen LogP contribution in [0.25, 0.3) is 21.9 Å². The number of rotatable bonds is 7. The van der Waals surface area contributed by atoms with Crippen molar-refractivity contribution in [1.29, 1.82) is 0 Å². The first-order chi connectivity index (χ1) is 17.2. The molecule has 0 aliphatic heterocycles. The average molecular weight is 519 g/mol. The van der Waals surface area contributed by atoms with Gasteiger partial charge in [-0.2, -0.15) is 13.1 Å². The molecule has 0 aliphatic rings. The molecule has 0 atom stereocenters. The van der Waals surface area contributed by atoms with Gasteiger partial charge in [-0.15, -0.1) is 0 Å². The maximum Gasteiger partial charge on any atom is 0.252 e. The number of sulfonamides is 1. The molecule has 0 saturated heterocycles. The number of aromatic nitrogens is 3. The third-order valence-electron chi connectivity index (χ3n) is 6.48. The molecule has 0 fully saturated rings. The first kappa shape index (κ1) is 24.3. The fourth-order valence-corrected chi connectivity index (χ4v) is 6.76. The molecule has 5 aromatic rings. The summed E-state index contributed by atoms with van der Waals surface area (Å²) >= 11 is 0.980. The van der Waals surface area contributed by atoms with Crippen LogP contribution in [0, 0.1) is 20.8 Å². The number of H-pyrrole nitrogens is 1. The summed E-state index contributed by atoms with van der Waals surface area (Å²) in [5.41, 5.74) is 5.95. The van der Waals surface area contributed by atoms with Gasteiger partial charge >= 0.3 is 0 Å². The lowest BCUT2D eigenvalue weighted by Crippen LogP contribution is -2.34. The Morgan fingerprint density at radius 1 is 0.917 bits per heavy atom. The summed E-state index contributed by atoms with van der Waals surface area (Å²) in [7, 11) is -3.98. The predicted octanol–water partition coefficient (Wildman–Crippen LogP) is 4.89. The SMILES string of the molecule is Cc1cc(C)c2[nH]c(=O)c(CN(CCc3ccccc3C)S(=O)(=O)c3cccc4nsnc34)cc2c1. The molecule has 0 aliphatic carbocycles. The summed E-state index contributed by atoms with van der Waals surface area (Å²) < 4.78 is 37.8. The van der Waals surface area contributed by atoms with E-state index in [9.17, 15) is 13.2 Å². The third kappa shape index (κ3) is 4.57. The van der Waals surface area contributed by atoms with Crippen molar-refractivity contribution in [1.82, 2.24) is 18.0 Å². The van der Waals surface area contributed by atoms with E-state index in [1.54, 1.807) is 24.3 Å². The highest BCUT2D eigenvalue weighted by Gasteiger charge is 2.28. The minimum absolute atomic E-state index is 0.0551. The van der Waals surface area contributed by atoms with Crippen LogP contribution in [0.4, 0.5) is 0 Å². The minimum atomic E-state index is -3.98. The lowest BCUT2D eigenvalue weighted by atomic mass is 10.0. The number of aromatic amines is 1. The van der Waals surface area contributed by atoms with E-state index < -0.39 is 10.0 Å². The van der Waals surface area contributed by atoms with Crippen molar-refractivity contribution >= 4 is 43.7 Å². The largest absolute Gasteiger partial charge is 0.321 e. The number of benzene rings is 3. The maximum absolute atomic E-state index is 14.0. The van der Waals surface area contributed by atoms with E-state index in [1.807, 2.05) is 57.2 Å². The van der Waals surface area contributed by atoms with Gasteiger partial charge in [-0.1, -0.05) is 42.0 Å². The first-order valence-corrected chi connectivity index (χ1v) is 13.8. The molecule has 184 valence electrons. The molecule has 3 aromatic carbocycles. The number of pyridine rings is 1. The van der Waals surface area contributed by atoms with Crippen LogP contribution >= 0.6 is 11.7 Å². The van der Waals surface area contributed by atoms with Gasteiger partial charge < -0.3 is 4.98 Å². The number of hydrogen-bond donors (Lipinski definition) is 1. The maximum atomic E-state index is 14.0. The van der Waals surface area contributed by atoms with Gasteiger partial charge in [-0.3, -0.25) is 4.79 Å². The van der Waals surface area contributed by atoms with E-state index in [0.717, 1.165) is 44.9 Å². The third-order valence-corrected chi connectivity index (χ3v) is 8.89. The molecule has 0 saturated carbocycles. The zero-order chi connectivity index (χ0) is 25.4. The Kier molecular flexibility index (Phi) is 6.46. The second-order valence-electron chi connectivity index (χ2n) is 9.07. The Balaban J connectivity index is 1.59. The van der Waals surface area contributed by atoms with Crippen LogP contribution in [0.15, 0.2) is 70.4 Å². The molecule has 0 unspecified atom stereocenters. The fraction of sp³-hybridized carbons (Fsp3) is 0.222. The number of nitrogens with one attached hydrogen (secondary N) is 1. The van der Waals surface area contributed by atoms with Crippen LogP contribution in [0.1, 0.15) is 27.8 Å². The highest BCUT2D eigenvalue weighted by molar-refractivity contribution is 7.89. The summed E-state index contributed by atoms with van der Waals surface area (Å²) in [4.78, 5) is 16.1. The zero-order valence-electron chi connectivity index (χ0n) is 20.3. The topological polar surface area (TPSA) is 96.0 Å². The Morgan fingerprint density at radius 2 is 1.72 bits per heavy atom. The smallest absolute Gasteiger partial charge is 0.252 e. The van der Waals surface area contributed by atoms with E-state index in [1.165, 1.54) is 4.31 Å². The van der Waals surface area contributed by atoms with Crippen LogP contribution < -0.4 is 5.56 Å². The standard InChI is InChI=1S/C27H26N4O3S2/c1-17-13-19(3)25-21(14-17)15-22(27(32)28-25)16-31(12-11-20-8-5-4-7-18(20)2)36(33,34)24-10-6-9-23-26(24)30-35-29-23/h4-10,13-15H,11-12,16H2,1-3H3,(H,28,32). The van der Waals surface area contributed by atoms with Crippen molar-refractivity contribution in [3.63, 3.8) is 0 Å². The lowest BCUT2D eigenvalue weighted by molar-refractivity contribution is 0.408. The zero-order valence-corrected chi connectivity index (χ0v) is 21.9.